The first-order chi connectivity index (χ1) is 11.1. The third-order valence-electron chi connectivity index (χ3n) is 3.62. The summed E-state index contributed by atoms with van der Waals surface area (Å²) in [6.07, 6.45) is 2.00. The summed E-state index contributed by atoms with van der Waals surface area (Å²) < 4.78 is 0. The molecule has 2 aromatic rings. The van der Waals surface area contributed by atoms with Crippen molar-refractivity contribution in [2.45, 2.75) is 20.3 Å². The van der Waals surface area contributed by atoms with E-state index in [2.05, 4.69) is 20.3 Å². The molecule has 3 rings (SSSR count). The standard InChI is InChI=1S/C16H18N4O2S/c1-9(2)11-7-13(22)10-3-4-17-15(14(10)19-11)12-8-23-16(20-12)18-5-6-21/h3-4,8-9,21H,5-7H2,1-2H3,(H,18,20). The Labute approximate surface area is 138 Å². The molecule has 3 heterocycles. The van der Waals surface area contributed by atoms with Crippen LogP contribution < -0.4 is 5.32 Å². The highest BCUT2D eigenvalue weighted by atomic mass is 32.1. The van der Waals surface area contributed by atoms with E-state index in [0.29, 0.717) is 40.7 Å². The van der Waals surface area contributed by atoms with Crippen LogP contribution in [0.25, 0.3) is 11.4 Å². The number of ketones is 1. The third kappa shape index (κ3) is 3.16. The van der Waals surface area contributed by atoms with E-state index in [1.54, 1.807) is 12.3 Å². The quantitative estimate of drug-likeness (QED) is 0.880. The smallest absolute Gasteiger partial charge is 0.183 e. The SMILES string of the molecule is CC(C)C1=Nc2c(ccnc2-c2csc(NCCO)n2)C(=O)C1. The largest absolute Gasteiger partial charge is 0.395 e. The minimum atomic E-state index is 0.0461. The summed E-state index contributed by atoms with van der Waals surface area (Å²) in [5.74, 6) is 0.300. The molecule has 1 aliphatic heterocycles. The number of anilines is 1. The second kappa shape index (κ2) is 6.55. The van der Waals surface area contributed by atoms with Crippen LogP contribution in [-0.2, 0) is 0 Å². The molecule has 0 saturated carbocycles. The summed E-state index contributed by atoms with van der Waals surface area (Å²) in [6.45, 7) is 4.56. The number of thiazole rings is 1. The lowest BCUT2D eigenvalue weighted by molar-refractivity contribution is 0.0998. The third-order valence-corrected chi connectivity index (χ3v) is 4.42. The van der Waals surface area contributed by atoms with Crippen LogP contribution in [0.1, 0.15) is 30.6 Å². The van der Waals surface area contributed by atoms with Gasteiger partial charge in [-0.3, -0.25) is 14.8 Å². The molecule has 23 heavy (non-hydrogen) atoms. The van der Waals surface area contributed by atoms with Gasteiger partial charge in [0, 0.05) is 35.8 Å². The molecule has 0 aliphatic carbocycles. The van der Waals surface area contributed by atoms with Gasteiger partial charge < -0.3 is 10.4 Å². The first-order valence-electron chi connectivity index (χ1n) is 7.50. The van der Waals surface area contributed by atoms with Crippen molar-refractivity contribution < 1.29 is 9.90 Å². The maximum atomic E-state index is 12.4. The Morgan fingerprint density at radius 3 is 3.00 bits per heavy atom. The summed E-state index contributed by atoms with van der Waals surface area (Å²) >= 11 is 1.44. The molecule has 6 nitrogen and oxygen atoms in total. The number of aliphatic imine (C=N–C) groups is 1. The van der Waals surface area contributed by atoms with E-state index in [4.69, 9.17) is 5.11 Å². The van der Waals surface area contributed by atoms with Gasteiger partial charge in [0.15, 0.2) is 10.9 Å². The van der Waals surface area contributed by atoms with Crippen molar-refractivity contribution in [3.05, 3.63) is 23.2 Å². The number of nitrogens with one attached hydrogen (secondary N) is 1. The van der Waals surface area contributed by atoms with Crippen LogP contribution in [0.4, 0.5) is 10.8 Å². The van der Waals surface area contributed by atoms with E-state index in [1.165, 1.54) is 11.3 Å². The van der Waals surface area contributed by atoms with Crippen LogP contribution in [-0.4, -0.2) is 39.7 Å². The summed E-state index contributed by atoms with van der Waals surface area (Å²) in [5.41, 5.74) is 3.42. The zero-order valence-electron chi connectivity index (χ0n) is 13.0. The normalized spacial score (nSPS) is 13.9. The lowest BCUT2D eigenvalue weighted by atomic mass is 9.94. The number of aliphatic hydroxyl groups is 1. The lowest BCUT2D eigenvalue weighted by Crippen LogP contribution is -2.18. The number of Topliss-reactive ketones (excluding diaryl/α,β-unsaturated/α-hetero) is 1. The summed E-state index contributed by atoms with van der Waals surface area (Å²) in [5, 5.41) is 14.5. The highest BCUT2D eigenvalue weighted by molar-refractivity contribution is 7.14. The molecule has 0 radical (unpaired) electrons. The number of pyridine rings is 1. The van der Waals surface area contributed by atoms with E-state index < -0.39 is 0 Å². The van der Waals surface area contributed by atoms with Crippen LogP contribution >= 0.6 is 11.3 Å². The number of fused-ring (bicyclic) bond motifs is 1. The Balaban J connectivity index is 2.04. The van der Waals surface area contributed by atoms with Gasteiger partial charge in [-0.05, 0) is 12.0 Å². The first-order valence-corrected chi connectivity index (χ1v) is 8.38. The molecule has 0 saturated heterocycles. The van der Waals surface area contributed by atoms with Gasteiger partial charge in [-0.2, -0.15) is 0 Å². The zero-order chi connectivity index (χ0) is 16.4. The summed E-state index contributed by atoms with van der Waals surface area (Å²) in [6, 6.07) is 1.72. The molecule has 0 fully saturated rings. The minimum absolute atomic E-state index is 0.0461. The number of aromatic nitrogens is 2. The summed E-state index contributed by atoms with van der Waals surface area (Å²) in [7, 11) is 0. The molecule has 0 aromatic carbocycles. The van der Waals surface area contributed by atoms with Crippen LogP contribution in [0, 0.1) is 5.92 Å². The first kappa shape index (κ1) is 15.8. The number of aliphatic hydroxyl groups excluding tert-OH is 1. The van der Waals surface area contributed by atoms with Crippen molar-refractivity contribution in [3.8, 4) is 11.4 Å². The number of hydrogen-bond donors (Lipinski definition) is 2. The molecule has 2 aromatic heterocycles. The van der Waals surface area contributed by atoms with Crippen LogP contribution in [0.2, 0.25) is 0 Å². The Bertz CT molecular complexity index is 767. The molecule has 0 unspecified atom stereocenters. The predicted molar refractivity (Wildman–Crippen MR) is 91.8 cm³/mol. The molecule has 2 N–H and O–H groups in total. The van der Waals surface area contributed by atoms with Crippen molar-refractivity contribution >= 4 is 33.7 Å². The highest BCUT2D eigenvalue weighted by Gasteiger charge is 2.25. The lowest BCUT2D eigenvalue weighted by Gasteiger charge is -2.18. The second-order valence-corrected chi connectivity index (χ2v) is 6.46. The Morgan fingerprint density at radius 1 is 1.43 bits per heavy atom. The van der Waals surface area contributed by atoms with E-state index in [0.717, 1.165) is 5.71 Å². The highest BCUT2D eigenvalue weighted by Crippen LogP contribution is 2.36. The van der Waals surface area contributed by atoms with Gasteiger partial charge >= 0.3 is 0 Å². The Morgan fingerprint density at radius 2 is 2.26 bits per heavy atom. The van der Waals surface area contributed by atoms with Gasteiger partial charge in [0.1, 0.15) is 17.1 Å². The average molecular weight is 330 g/mol. The fraction of sp³-hybridized carbons (Fsp3) is 0.375. The fourth-order valence-electron chi connectivity index (χ4n) is 2.38. The van der Waals surface area contributed by atoms with Crippen molar-refractivity contribution in [3.63, 3.8) is 0 Å². The van der Waals surface area contributed by atoms with E-state index in [9.17, 15) is 4.79 Å². The van der Waals surface area contributed by atoms with Gasteiger partial charge in [-0.1, -0.05) is 13.8 Å². The van der Waals surface area contributed by atoms with Gasteiger partial charge in [-0.25, -0.2) is 4.98 Å². The Kier molecular flexibility index (Phi) is 4.49. The molecule has 120 valence electrons. The zero-order valence-corrected chi connectivity index (χ0v) is 13.9. The van der Waals surface area contributed by atoms with E-state index in [1.807, 2.05) is 19.2 Å². The van der Waals surface area contributed by atoms with Gasteiger partial charge in [0.25, 0.3) is 0 Å². The Hall–Kier alpha value is -2.12. The van der Waals surface area contributed by atoms with E-state index >= 15 is 0 Å². The molecule has 0 atom stereocenters. The maximum absolute atomic E-state index is 12.4. The van der Waals surface area contributed by atoms with Crippen LogP contribution in [0.5, 0.6) is 0 Å². The van der Waals surface area contributed by atoms with Gasteiger partial charge in [-0.15, -0.1) is 11.3 Å². The maximum Gasteiger partial charge on any atom is 0.183 e. The van der Waals surface area contributed by atoms with Crippen molar-refractivity contribution in [2.24, 2.45) is 10.9 Å². The average Bonchev–Trinajstić information content (AvgIpc) is 3.01. The van der Waals surface area contributed by atoms with Gasteiger partial charge in [0.2, 0.25) is 0 Å². The van der Waals surface area contributed by atoms with Crippen LogP contribution in [0.15, 0.2) is 22.6 Å². The molecule has 7 heteroatoms. The number of nitrogens with zero attached hydrogens (tertiary/aromatic N) is 3. The molecule has 0 amide bonds. The number of rotatable bonds is 5. The van der Waals surface area contributed by atoms with Crippen molar-refractivity contribution in [1.29, 1.82) is 0 Å². The molecular weight excluding hydrogens is 312 g/mol. The summed E-state index contributed by atoms with van der Waals surface area (Å²) in [4.78, 5) is 25.9. The second-order valence-electron chi connectivity index (χ2n) is 5.60. The molecule has 1 aliphatic rings. The van der Waals surface area contributed by atoms with Crippen LogP contribution in [0.3, 0.4) is 0 Å². The minimum Gasteiger partial charge on any atom is -0.395 e. The molecular formula is C16H18N4O2S. The predicted octanol–water partition coefficient (Wildman–Crippen LogP) is 2.92. The van der Waals surface area contributed by atoms with Gasteiger partial charge in [0.05, 0.1) is 6.61 Å². The van der Waals surface area contributed by atoms with E-state index in [-0.39, 0.29) is 18.3 Å². The fourth-order valence-corrected chi connectivity index (χ4v) is 3.11. The topological polar surface area (TPSA) is 87.5 Å². The molecule has 0 bridgehead atoms. The molecule has 0 spiro atoms. The van der Waals surface area contributed by atoms with Crippen molar-refractivity contribution in [2.75, 3.05) is 18.5 Å². The monoisotopic (exact) mass is 330 g/mol. The number of carbonyl (C=O) groups is 1. The van der Waals surface area contributed by atoms with Crippen molar-refractivity contribution in [1.82, 2.24) is 9.97 Å². The number of carbonyl (C=O) groups excluding carboxylic acids is 1. The number of hydrogen-bond acceptors (Lipinski definition) is 7.